The van der Waals surface area contributed by atoms with Crippen molar-refractivity contribution in [2.75, 3.05) is 44.7 Å². The number of fused-ring (bicyclic) bond motifs is 1. The highest BCUT2D eigenvalue weighted by molar-refractivity contribution is 9.10. The minimum absolute atomic E-state index is 0.286. The second-order valence-corrected chi connectivity index (χ2v) is 11.2. The van der Waals surface area contributed by atoms with Gasteiger partial charge in [-0.2, -0.15) is 4.98 Å². The highest BCUT2D eigenvalue weighted by Gasteiger charge is 2.20. The van der Waals surface area contributed by atoms with Gasteiger partial charge in [0, 0.05) is 36.4 Å². The number of aromatic nitrogens is 2. The first-order valence-electron chi connectivity index (χ1n) is 11.0. The molecule has 0 fully saturated rings. The summed E-state index contributed by atoms with van der Waals surface area (Å²) < 4.78 is 12.2. The van der Waals surface area contributed by atoms with E-state index >= 15 is 0 Å². The van der Waals surface area contributed by atoms with Gasteiger partial charge in [0.2, 0.25) is 5.95 Å². The average molecular weight is 555 g/mol. The van der Waals surface area contributed by atoms with Crippen LogP contribution in [0.4, 0.5) is 23.1 Å². The van der Waals surface area contributed by atoms with Crippen LogP contribution in [-0.2, 0) is 11.3 Å². The molecule has 2 heterocycles. The normalized spacial score (nSPS) is 13.2. The van der Waals surface area contributed by atoms with Crippen molar-refractivity contribution in [2.24, 2.45) is 0 Å². The second-order valence-electron chi connectivity index (χ2n) is 8.04. The van der Waals surface area contributed by atoms with Gasteiger partial charge in [-0.05, 0) is 63.9 Å². The van der Waals surface area contributed by atoms with Gasteiger partial charge in [-0.3, -0.25) is 0 Å². The van der Waals surface area contributed by atoms with E-state index < -0.39 is 0 Å². The number of hydrogen-bond acceptors (Lipinski definition) is 8. The summed E-state index contributed by atoms with van der Waals surface area (Å²) in [6.07, 6.45) is 3.06. The Bertz CT molecular complexity index is 1280. The topological polar surface area (TPSA) is 104 Å². The molecular formula is C25H28BrN6O2P. The van der Waals surface area contributed by atoms with Gasteiger partial charge in [-0.1, -0.05) is 26.1 Å². The lowest BCUT2D eigenvalue weighted by atomic mass is 9.98. The molecule has 0 bridgehead atoms. The molecule has 35 heavy (non-hydrogen) atoms. The molecule has 182 valence electrons. The zero-order valence-electron chi connectivity index (χ0n) is 20.1. The number of nitrogens with one attached hydrogen (secondary N) is 4. The lowest BCUT2D eigenvalue weighted by molar-refractivity contribution is 0.141. The maximum Gasteiger partial charge on any atom is 0.229 e. The number of allylic oxidation sites excluding steroid dienone is 1. The van der Waals surface area contributed by atoms with Crippen LogP contribution in [0.2, 0.25) is 0 Å². The number of anilines is 4. The molecule has 0 saturated carbocycles. The van der Waals surface area contributed by atoms with E-state index in [1.807, 2.05) is 25.2 Å². The predicted molar refractivity (Wildman–Crippen MR) is 149 cm³/mol. The maximum atomic E-state index is 7.99. The third kappa shape index (κ3) is 5.48. The van der Waals surface area contributed by atoms with Crippen LogP contribution < -0.4 is 26.0 Å². The third-order valence-corrected chi connectivity index (χ3v) is 7.55. The molecule has 2 aromatic carbocycles. The summed E-state index contributed by atoms with van der Waals surface area (Å²) >= 11 is 3.57. The van der Waals surface area contributed by atoms with Crippen LogP contribution in [0.25, 0.3) is 5.57 Å². The van der Waals surface area contributed by atoms with Crippen LogP contribution in [0.3, 0.4) is 0 Å². The molecule has 1 aliphatic rings. The van der Waals surface area contributed by atoms with E-state index in [2.05, 4.69) is 68.4 Å². The van der Waals surface area contributed by atoms with Crippen LogP contribution in [0.15, 0.2) is 52.8 Å². The summed E-state index contributed by atoms with van der Waals surface area (Å²) in [6, 6.07) is 12.1. The van der Waals surface area contributed by atoms with E-state index in [1.54, 1.807) is 13.3 Å². The summed E-state index contributed by atoms with van der Waals surface area (Å²) in [5.74, 6) is 1.71. The van der Waals surface area contributed by atoms with Gasteiger partial charge < -0.3 is 30.8 Å². The zero-order chi connectivity index (χ0) is 24.9. The Kier molecular flexibility index (Phi) is 8.00. The van der Waals surface area contributed by atoms with Gasteiger partial charge in [0.25, 0.3) is 0 Å². The van der Waals surface area contributed by atoms with Crippen LogP contribution in [-0.4, -0.2) is 50.3 Å². The summed E-state index contributed by atoms with van der Waals surface area (Å²) in [4.78, 5) is 9.17. The molecular weight excluding hydrogens is 527 g/mol. The Labute approximate surface area is 215 Å². The van der Waals surface area contributed by atoms with E-state index in [0.717, 1.165) is 32.6 Å². The Morgan fingerprint density at radius 3 is 2.66 bits per heavy atom. The monoisotopic (exact) mass is 554 g/mol. The average Bonchev–Trinajstić information content (AvgIpc) is 3.03. The van der Waals surface area contributed by atoms with Gasteiger partial charge in [0.05, 0.1) is 30.5 Å². The summed E-state index contributed by atoms with van der Waals surface area (Å²) in [6.45, 7) is 5.28. The Morgan fingerprint density at radius 2 is 1.94 bits per heavy atom. The van der Waals surface area contributed by atoms with Crippen molar-refractivity contribution in [2.45, 2.75) is 6.61 Å². The third-order valence-electron chi connectivity index (χ3n) is 5.62. The highest BCUT2D eigenvalue weighted by atomic mass is 79.9. The number of halogens is 1. The smallest absolute Gasteiger partial charge is 0.229 e. The summed E-state index contributed by atoms with van der Waals surface area (Å²) in [5.41, 5.74) is 5.19. The van der Waals surface area contributed by atoms with Gasteiger partial charge in [0.15, 0.2) is 0 Å². The number of ether oxygens (including phenoxy) is 2. The van der Waals surface area contributed by atoms with Gasteiger partial charge in [-0.25, -0.2) is 4.98 Å². The first-order chi connectivity index (χ1) is 16.9. The number of methoxy groups -OCH3 is 1. The number of likely N-dealkylation sites (N-methyl/N-ethyl adjacent to an activating group) is 1. The van der Waals surface area contributed by atoms with Crippen molar-refractivity contribution in [3.05, 3.63) is 63.9 Å². The number of hydrogen-bond donors (Lipinski definition) is 4. The molecule has 8 nitrogen and oxygen atoms in total. The van der Waals surface area contributed by atoms with Crippen LogP contribution in [0.5, 0.6) is 5.75 Å². The number of rotatable bonds is 8. The highest BCUT2D eigenvalue weighted by Crippen LogP contribution is 2.36. The fraction of sp³-hybridized carbons (Fsp3) is 0.240. The first-order valence-corrected chi connectivity index (χ1v) is 14.0. The van der Waals surface area contributed by atoms with E-state index in [1.165, 1.54) is 11.5 Å². The molecule has 0 amide bonds. The first kappa shape index (κ1) is 25.1. The molecule has 1 aromatic heterocycles. The lowest BCUT2D eigenvalue weighted by Gasteiger charge is -2.17. The number of benzene rings is 2. The molecule has 0 aliphatic carbocycles. The van der Waals surface area contributed by atoms with Crippen molar-refractivity contribution < 1.29 is 9.47 Å². The Hall–Kier alpha value is -3.00. The lowest BCUT2D eigenvalue weighted by Crippen LogP contribution is -2.13. The van der Waals surface area contributed by atoms with Crippen molar-refractivity contribution in [3.8, 4) is 5.75 Å². The predicted octanol–water partition coefficient (Wildman–Crippen LogP) is 5.21. The fourth-order valence-corrected chi connectivity index (χ4v) is 5.15. The molecule has 0 unspecified atom stereocenters. The van der Waals surface area contributed by atoms with Crippen molar-refractivity contribution in [1.82, 2.24) is 15.3 Å². The van der Waals surface area contributed by atoms with Gasteiger partial charge in [0.1, 0.15) is 11.6 Å². The molecule has 3 aromatic rings. The summed E-state index contributed by atoms with van der Waals surface area (Å²) in [7, 11) is 3.17. The summed E-state index contributed by atoms with van der Waals surface area (Å²) in [5, 5.41) is 19.2. The molecule has 4 rings (SSSR count). The minimum atomic E-state index is -0.286. The molecule has 0 saturated heterocycles. The van der Waals surface area contributed by atoms with Crippen LogP contribution in [0.1, 0.15) is 11.1 Å². The largest absolute Gasteiger partial charge is 0.495 e. The van der Waals surface area contributed by atoms with E-state index in [4.69, 9.17) is 19.9 Å². The van der Waals surface area contributed by atoms with E-state index in [0.29, 0.717) is 36.4 Å². The van der Waals surface area contributed by atoms with Crippen molar-refractivity contribution in [1.29, 1.82) is 5.41 Å². The number of nitrogens with zero attached hydrogens (tertiary/aromatic N) is 2. The SMILES string of the molecule is CNC1=C(C=N)c2cc(Nc3ncc(Br)c(Nc4ccccc4P(C)C)n3)c(OC)cc2COC1. The Morgan fingerprint density at radius 1 is 1.14 bits per heavy atom. The fourth-order valence-electron chi connectivity index (χ4n) is 3.87. The maximum absolute atomic E-state index is 7.99. The molecule has 0 radical (unpaired) electrons. The number of para-hydroxylation sites is 1. The van der Waals surface area contributed by atoms with E-state index in [9.17, 15) is 0 Å². The standard InChI is InChI=1S/C25H28BrN6O2P/c1-28-21-14-34-13-15-9-22(33-2)20(10-16(15)17(21)11-27)31-25-29-12-18(26)24(32-25)30-19-7-5-6-8-23(19)35(3)4/h5-12,27-28H,13-14H2,1-4H3,(H2,29,30,31,32). The second kappa shape index (κ2) is 11.2. The molecule has 0 spiro atoms. The Balaban J connectivity index is 1.71. The van der Waals surface area contributed by atoms with Crippen molar-refractivity contribution in [3.63, 3.8) is 0 Å². The van der Waals surface area contributed by atoms with Gasteiger partial charge in [-0.15, -0.1) is 0 Å². The van der Waals surface area contributed by atoms with E-state index in [-0.39, 0.29) is 7.92 Å². The van der Waals surface area contributed by atoms with Crippen LogP contribution >= 0.6 is 23.9 Å². The van der Waals surface area contributed by atoms with Gasteiger partial charge >= 0.3 is 0 Å². The molecule has 4 N–H and O–H groups in total. The molecule has 1 aliphatic heterocycles. The quantitative estimate of drug-likeness (QED) is 0.224. The molecule has 0 atom stereocenters. The minimum Gasteiger partial charge on any atom is -0.495 e. The molecule has 10 heteroatoms. The van der Waals surface area contributed by atoms with Crippen LogP contribution in [0, 0.1) is 5.41 Å². The zero-order valence-corrected chi connectivity index (χ0v) is 22.5. The van der Waals surface area contributed by atoms with Crippen molar-refractivity contribution >= 4 is 64.1 Å².